The van der Waals surface area contributed by atoms with Crippen LogP contribution in [0.25, 0.3) is 0 Å². The second kappa shape index (κ2) is 5.33. The first-order chi connectivity index (χ1) is 10.9. The number of hydrogen-bond donors (Lipinski definition) is 0. The Morgan fingerprint density at radius 1 is 0.913 bits per heavy atom. The smallest absolute Gasteiger partial charge is 0.399 e. The molecule has 3 aliphatic rings. The Labute approximate surface area is 139 Å². The van der Waals surface area contributed by atoms with Crippen molar-refractivity contribution in [2.45, 2.75) is 70.0 Å². The van der Waals surface area contributed by atoms with Gasteiger partial charge in [-0.05, 0) is 69.5 Å². The molecule has 0 bridgehead atoms. The highest BCUT2D eigenvalue weighted by atomic mass is 16.7. The Bertz CT molecular complexity index is 585. The fourth-order valence-corrected chi connectivity index (χ4v) is 3.62. The monoisotopic (exact) mass is 314 g/mol. The average molecular weight is 314 g/mol. The molecule has 2 heterocycles. The van der Waals surface area contributed by atoms with Crippen molar-refractivity contribution < 1.29 is 14.0 Å². The van der Waals surface area contributed by atoms with E-state index < -0.39 is 0 Å². The van der Waals surface area contributed by atoms with E-state index >= 15 is 0 Å². The molecular formula is C19H27BO3. The van der Waals surface area contributed by atoms with Crippen LogP contribution in [0.15, 0.2) is 18.2 Å². The van der Waals surface area contributed by atoms with Crippen molar-refractivity contribution in [1.29, 1.82) is 0 Å². The topological polar surface area (TPSA) is 27.7 Å². The zero-order valence-corrected chi connectivity index (χ0v) is 14.7. The normalized spacial score (nSPS) is 29.2. The van der Waals surface area contributed by atoms with Gasteiger partial charge in [-0.2, -0.15) is 0 Å². The molecule has 4 heteroatoms. The van der Waals surface area contributed by atoms with E-state index in [0.29, 0.717) is 5.92 Å². The van der Waals surface area contributed by atoms with Crippen LogP contribution in [0.2, 0.25) is 0 Å². The van der Waals surface area contributed by atoms with Crippen LogP contribution < -0.4 is 5.46 Å². The molecule has 23 heavy (non-hydrogen) atoms. The van der Waals surface area contributed by atoms with Gasteiger partial charge in [0.1, 0.15) is 0 Å². The van der Waals surface area contributed by atoms with Crippen LogP contribution >= 0.6 is 0 Å². The summed E-state index contributed by atoms with van der Waals surface area (Å²) in [5.74, 6) is 1.30. The molecule has 1 aliphatic carbocycles. The third-order valence-electron chi connectivity index (χ3n) is 6.02. The second-order valence-electron chi connectivity index (χ2n) is 8.31. The lowest BCUT2D eigenvalue weighted by Gasteiger charge is -2.32. The summed E-state index contributed by atoms with van der Waals surface area (Å²) in [7, 11) is -0.258. The van der Waals surface area contributed by atoms with Gasteiger partial charge < -0.3 is 14.0 Å². The molecule has 1 saturated carbocycles. The molecular weight excluding hydrogens is 287 g/mol. The van der Waals surface area contributed by atoms with Crippen molar-refractivity contribution in [3.8, 4) is 0 Å². The molecule has 0 radical (unpaired) electrons. The Hall–Kier alpha value is -0.835. The van der Waals surface area contributed by atoms with Gasteiger partial charge in [0.2, 0.25) is 0 Å². The third kappa shape index (κ3) is 2.75. The van der Waals surface area contributed by atoms with Crippen molar-refractivity contribution in [1.82, 2.24) is 0 Å². The molecule has 1 aromatic rings. The Morgan fingerprint density at radius 3 is 2.17 bits per heavy atom. The van der Waals surface area contributed by atoms with Crippen LogP contribution in [0, 0.1) is 0 Å². The summed E-state index contributed by atoms with van der Waals surface area (Å²) in [6, 6.07) is 6.84. The van der Waals surface area contributed by atoms with Crippen LogP contribution in [-0.2, 0) is 14.0 Å². The van der Waals surface area contributed by atoms with Crippen molar-refractivity contribution in [3.05, 3.63) is 29.3 Å². The van der Waals surface area contributed by atoms with E-state index in [2.05, 4.69) is 45.9 Å². The fourth-order valence-electron chi connectivity index (χ4n) is 3.62. The Morgan fingerprint density at radius 2 is 1.61 bits per heavy atom. The molecule has 3 fully saturated rings. The van der Waals surface area contributed by atoms with Gasteiger partial charge in [-0.1, -0.05) is 18.2 Å². The first-order valence-corrected chi connectivity index (χ1v) is 8.94. The standard InChI is InChI=1S/C19H27BO3/c1-18(2)19(3,4)23-20(22-18)15-7-8-16(14-9-10-21-12-14)17(11-15)13-5-6-13/h7-8,11,13-14H,5-6,9-10,12H2,1-4H3. The third-order valence-corrected chi connectivity index (χ3v) is 6.02. The lowest BCUT2D eigenvalue weighted by molar-refractivity contribution is 0.00578. The summed E-state index contributed by atoms with van der Waals surface area (Å²) >= 11 is 0. The molecule has 1 aromatic carbocycles. The highest BCUT2D eigenvalue weighted by Gasteiger charge is 2.51. The van der Waals surface area contributed by atoms with Crippen LogP contribution in [0.3, 0.4) is 0 Å². The van der Waals surface area contributed by atoms with E-state index in [0.717, 1.165) is 31.0 Å². The zero-order chi connectivity index (χ0) is 16.2. The van der Waals surface area contributed by atoms with Gasteiger partial charge in [0.15, 0.2) is 0 Å². The van der Waals surface area contributed by atoms with E-state index in [1.807, 2.05) is 0 Å². The molecule has 4 rings (SSSR count). The van der Waals surface area contributed by atoms with Crippen LogP contribution in [0.1, 0.15) is 69.9 Å². The summed E-state index contributed by atoms with van der Waals surface area (Å²) < 4.78 is 18.0. The predicted molar refractivity (Wildman–Crippen MR) is 92.3 cm³/mol. The molecule has 1 atom stereocenters. The molecule has 2 aliphatic heterocycles. The van der Waals surface area contributed by atoms with Gasteiger partial charge in [-0.15, -0.1) is 0 Å². The first kappa shape index (κ1) is 15.7. The molecule has 2 saturated heterocycles. The highest BCUT2D eigenvalue weighted by molar-refractivity contribution is 6.62. The van der Waals surface area contributed by atoms with Crippen LogP contribution in [-0.4, -0.2) is 31.5 Å². The Kier molecular flexibility index (Phi) is 3.64. The van der Waals surface area contributed by atoms with Gasteiger partial charge in [-0.3, -0.25) is 0 Å². The Balaban J connectivity index is 1.64. The molecule has 0 spiro atoms. The SMILES string of the molecule is CC1(C)OB(c2ccc(C3CCOC3)c(C3CC3)c2)OC1(C)C. The number of hydrogen-bond acceptors (Lipinski definition) is 3. The van der Waals surface area contributed by atoms with Crippen molar-refractivity contribution in [3.63, 3.8) is 0 Å². The van der Waals surface area contributed by atoms with E-state index in [1.54, 1.807) is 0 Å². The minimum atomic E-state index is -0.282. The summed E-state index contributed by atoms with van der Waals surface area (Å²) in [6.45, 7) is 10.2. The molecule has 1 unspecified atom stereocenters. The summed E-state index contributed by atoms with van der Waals surface area (Å²) in [6.07, 6.45) is 3.77. The minimum Gasteiger partial charge on any atom is -0.399 e. The van der Waals surface area contributed by atoms with E-state index in [-0.39, 0.29) is 18.3 Å². The fraction of sp³-hybridized carbons (Fsp3) is 0.684. The van der Waals surface area contributed by atoms with Gasteiger partial charge in [-0.25, -0.2) is 0 Å². The van der Waals surface area contributed by atoms with Crippen LogP contribution in [0.5, 0.6) is 0 Å². The summed E-state index contributed by atoms with van der Waals surface area (Å²) in [4.78, 5) is 0. The maximum absolute atomic E-state index is 6.22. The van der Waals surface area contributed by atoms with Gasteiger partial charge in [0.25, 0.3) is 0 Å². The molecule has 0 amide bonds. The lowest BCUT2D eigenvalue weighted by atomic mass is 9.76. The molecule has 0 N–H and O–H groups in total. The number of ether oxygens (including phenoxy) is 1. The van der Waals surface area contributed by atoms with Crippen molar-refractivity contribution >= 4 is 12.6 Å². The quantitative estimate of drug-likeness (QED) is 0.801. The maximum atomic E-state index is 6.22. The summed E-state index contributed by atoms with van der Waals surface area (Å²) in [5.41, 5.74) is 3.59. The van der Waals surface area contributed by atoms with Crippen LogP contribution in [0.4, 0.5) is 0 Å². The largest absolute Gasteiger partial charge is 0.494 e. The molecule has 3 nitrogen and oxygen atoms in total. The minimum absolute atomic E-state index is 0.258. The van der Waals surface area contributed by atoms with E-state index in [9.17, 15) is 0 Å². The van der Waals surface area contributed by atoms with Gasteiger partial charge in [0.05, 0.1) is 17.8 Å². The van der Waals surface area contributed by atoms with E-state index in [4.69, 9.17) is 14.0 Å². The second-order valence-corrected chi connectivity index (χ2v) is 8.31. The van der Waals surface area contributed by atoms with Gasteiger partial charge in [0, 0.05) is 12.5 Å². The summed E-state index contributed by atoms with van der Waals surface area (Å²) in [5, 5.41) is 0. The van der Waals surface area contributed by atoms with Crippen molar-refractivity contribution in [2.75, 3.05) is 13.2 Å². The maximum Gasteiger partial charge on any atom is 0.494 e. The number of benzene rings is 1. The van der Waals surface area contributed by atoms with E-state index in [1.165, 1.54) is 24.0 Å². The first-order valence-electron chi connectivity index (χ1n) is 8.94. The van der Waals surface area contributed by atoms with Crippen molar-refractivity contribution in [2.24, 2.45) is 0 Å². The predicted octanol–water partition coefficient (Wildman–Crippen LogP) is 3.37. The zero-order valence-electron chi connectivity index (χ0n) is 14.7. The number of rotatable bonds is 3. The molecule has 124 valence electrons. The van der Waals surface area contributed by atoms with Gasteiger partial charge >= 0.3 is 7.12 Å². The highest BCUT2D eigenvalue weighted by Crippen LogP contribution is 2.44. The molecule has 0 aromatic heterocycles. The lowest BCUT2D eigenvalue weighted by Crippen LogP contribution is -2.41. The average Bonchev–Trinajstić information content (AvgIpc) is 3.14.